The second-order valence-electron chi connectivity index (χ2n) is 5.95. The third-order valence-corrected chi connectivity index (χ3v) is 6.33. The van der Waals surface area contributed by atoms with E-state index in [4.69, 9.17) is 5.11 Å². The fourth-order valence-corrected chi connectivity index (χ4v) is 4.50. The van der Waals surface area contributed by atoms with Crippen molar-refractivity contribution in [2.24, 2.45) is 0 Å². The number of sulfone groups is 1. The molecule has 1 fully saturated rings. The van der Waals surface area contributed by atoms with Gasteiger partial charge < -0.3 is 10.4 Å². The average molecular weight is 339 g/mol. The van der Waals surface area contributed by atoms with Crippen LogP contribution in [-0.2, 0) is 19.4 Å². The zero-order chi connectivity index (χ0) is 17.0. The fourth-order valence-electron chi connectivity index (χ4n) is 2.77. The predicted octanol–water partition coefficient (Wildman–Crippen LogP) is 2.17. The van der Waals surface area contributed by atoms with Crippen molar-refractivity contribution in [3.8, 4) is 0 Å². The van der Waals surface area contributed by atoms with Crippen LogP contribution in [-0.4, -0.2) is 36.4 Å². The summed E-state index contributed by atoms with van der Waals surface area (Å²) in [4.78, 5) is 23.0. The molecule has 1 saturated carbocycles. The van der Waals surface area contributed by atoms with Gasteiger partial charge in [-0.1, -0.05) is 25.0 Å². The van der Waals surface area contributed by atoms with Gasteiger partial charge in [-0.15, -0.1) is 0 Å². The summed E-state index contributed by atoms with van der Waals surface area (Å²) in [6.07, 6.45) is 3.03. The molecule has 7 heteroatoms. The van der Waals surface area contributed by atoms with E-state index in [1.54, 1.807) is 31.2 Å². The maximum absolute atomic E-state index is 12.2. The minimum absolute atomic E-state index is 0.405. The molecule has 0 radical (unpaired) electrons. The summed E-state index contributed by atoms with van der Waals surface area (Å²) in [6.45, 7) is 1.55. The lowest BCUT2D eigenvalue weighted by Crippen LogP contribution is -2.29. The number of hydrogen-bond donors (Lipinski definition) is 2. The van der Waals surface area contributed by atoms with E-state index in [0.717, 1.165) is 12.8 Å². The van der Waals surface area contributed by atoms with Crippen molar-refractivity contribution in [3.63, 3.8) is 0 Å². The molecule has 0 aliphatic heterocycles. The van der Waals surface area contributed by atoms with E-state index < -0.39 is 38.6 Å². The summed E-state index contributed by atoms with van der Waals surface area (Å²) >= 11 is 0. The van der Waals surface area contributed by atoms with E-state index in [1.165, 1.54) is 0 Å². The molecule has 2 N–H and O–H groups in total. The van der Waals surface area contributed by atoms with E-state index >= 15 is 0 Å². The number of aliphatic carboxylic acids is 1. The van der Waals surface area contributed by atoms with Crippen molar-refractivity contribution in [1.82, 2.24) is 0 Å². The summed E-state index contributed by atoms with van der Waals surface area (Å²) in [5, 5.41) is 11.1. The molecule has 1 atom stereocenters. The van der Waals surface area contributed by atoms with Gasteiger partial charge in [0.05, 0.1) is 11.2 Å². The van der Waals surface area contributed by atoms with Crippen molar-refractivity contribution in [2.75, 3.05) is 11.1 Å². The first-order valence-corrected chi connectivity index (χ1v) is 9.35. The Kier molecular flexibility index (Phi) is 5.41. The highest BCUT2D eigenvalue weighted by Gasteiger charge is 2.30. The third kappa shape index (κ3) is 4.54. The molecule has 1 amide bonds. The first kappa shape index (κ1) is 17.5. The minimum atomic E-state index is -3.43. The van der Waals surface area contributed by atoms with Gasteiger partial charge in [-0.25, -0.2) is 8.42 Å². The van der Waals surface area contributed by atoms with Gasteiger partial charge in [0.15, 0.2) is 9.84 Å². The molecule has 23 heavy (non-hydrogen) atoms. The number of carboxylic acid groups (broad SMARTS) is 1. The van der Waals surface area contributed by atoms with E-state index in [-0.39, 0.29) is 0 Å². The molecule has 6 nitrogen and oxygen atoms in total. The monoisotopic (exact) mass is 339 g/mol. The van der Waals surface area contributed by atoms with E-state index in [0.29, 0.717) is 24.1 Å². The molecule has 0 saturated heterocycles. The van der Waals surface area contributed by atoms with Crippen molar-refractivity contribution >= 4 is 27.4 Å². The molecule has 0 bridgehead atoms. The second-order valence-corrected chi connectivity index (χ2v) is 8.23. The lowest BCUT2D eigenvalue weighted by Gasteiger charge is -2.12. The van der Waals surface area contributed by atoms with Crippen LogP contribution in [0.3, 0.4) is 0 Å². The first-order chi connectivity index (χ1) is 10.8. The summed E-state index contributed by atoms with van der Waals surface area (Å²) in [7, 11) is -3.43. The molecule has 1 aromatic rings. The molecule has 1 aliphatic carbocycles. The maximum Gasteiger partial charge on any atom is 0.310 e. The third-order valence-electron chi connectivity index (χ3n) is 4.18. The average Bonchev–Trinajstić information content (AvgIpc) is 3.01. The van der Waals surface area contributed by atoms with Gasteiger partial charge in [-0.05, 0) is 37.5 Å². The Bertz CT molecular complexity index is 692. The number of hydrogen-bond acceptors (Lipinski definition) is 4. The molecule has 0 spiro atoms. The largest absolute Gasteiger partial charge is 0.481 e. The molecular weight excluding hydrogens is 318 g/mol. The van der Waals surface area contributed by atoms with Gasteiger partial charge in [0.25, 0.3) is 0 Å². The number of rotatable bonds is 6. The minimum Gasteiger partial charge on any atom is -0.481 e. The highest BCUT2D eigenvalue weighted by Crippen LogP contribution is 2.25. The smallest absolute Gasteiger partial charge is 0.310 e. The standard InChI is InChI=1S/C16H21NO5S/c1-11(16(19)20)12-5-4-6-13(9-12)17-15(18)10-23(21,22)14-7-2-3-8-14/h4-6,9,11,14H,2-3,7-8,10H2,1H3,(H,17,18)(H,19,20)/t11-/m0/s1. The summed E-state index contributed by atoms with van der Waals surface area (Å²) in [5.41, 5.74) is 0.955. The van der Waals surface area contributed by atoms with Gasteiger partial charge in [-0.3, -0.25) is 9.59 Å². The Morgan fingerprint density at radius 1 is 1.30 bits per heavy atom. The molecule has 126 valence electrons. The summed E-state index contributed by atoms with van der Waals surface area (Å²) < 4.78 is 24.3. The highest BCUT2D eigenvalue weighted by atomic mass is 32.2. The molecule has 1 aliphatic rings. The SMILES string of the molecule is C[C@H](C(=O)O)c1cccc(NC(=O)CS(=O)(=O)C2CCCC2)c1. The van der Waals surface area contributed by atoms with Crippen LogP contribution < -0.4 is 5.32 Å². The van der Waals surface area contributed by atoms with Gasteiger partial charge >= 0.3 is 5.97 Å². The predicted molar refractivity (Wildman–Crippen MR) is 87.2 cm³/mol. The second kappa shape index (κ2) is 7.12. The fraction of sp³-hybridized carbons (Fsp3) is 0.500. The molecular formula is C16H21NO5S. The van der Waals surface area contributed by atoms with Gasteiger partial charge in [-0.2, -0.15) is 0 Å². The maximum atomic E-state index is 12.2. The molecule has 0 unspecified atom stereocenters. The normalized spacial score (nSPS) is 16.9. The highest BCUT2D eigenvalue weighted by molar-refractivity contribution is 7.92. The van der Waals surface area contributed by atoms with Crippen LogP contribution in [0.1, 0.15) is 44.1 Å². The molecule has 1 aromatic carbocycles. The van der Waals surface area contributed by atoms with E-state index in [9.17, 15) is 18.0 Å². The van der Waals surface area contributed by atoms with Gasteiger partial charge in [0, 0.05) is 5.69 Å². The molecule has 0 aromatic heterocycles. The van der Waals surface area contributed by atoms with Crippen LogP contribution >= 0.6 is 0 Å². The molecule has 0 heterocycles. The van der Waals surface area contributed by atoms with Crippen molar-refractivity contribution in [2.45, 2.75) is 43.8 Å². The number of carbonyl (C=O) groups is 2. The topological polar surface area (TPSA) is 101 Å². The quantitative estimate of drug-likeness (QED) is 0.827. The number of carboxylic acids is 1. The number of nitrogens with one attached hydrogen (secondary N) is 1. The summed E-state index contributed by atoms with van der Waals surface area (Å²) in [6, 6.07) is 6.45. The zero-order valence-corrected chi connectivity index (χ0v) is 13.8. The molecule has 2 rings (SSSR count). The summed E-state index contributed by atoms with van der Waals surface area (Å²) in [5.74, 6) is -2.78. The van der Waals surface area contributed by atoms with Crippen LogP contribution in [0.4, 0.5) is 5.69 Å². The lowest BCUT2D eigenvalue weighted by atomic mass is 10.0. The number of anilines is 1. The lowest BCUT2D eigenvalue weighted by molar-refractivity contribution is -0.138. The van der Waals surface area contributed by atoms with Crippen LogP contribution in [0.2, 0.25) is 0 Å². The van der Waals surface area contributed by atoms with Crippen molar-refractivity contribution < 1.29 is 23.1 Å². The number of carbonyl (C=O) groups excluding carboxylic acids is 1. The number of amides is 1. The Morgan fingerprint density at radius 2 is 1.96 bits per heavy atom. The number of benzene rings is 1. The van der Waals surface area contributed by atoms with E-state index in [1.807, 2.05) is 0 Å². The first-order valence-electron chi connectivity index (χ1n) is 7.64. The Balaban J connectivity index is 2.03. The van der Waals surface area contributed by atoms with Crippen LogP contribution in [0.5, 0.6) is 0 Å². The van der Waals surface area contributed by atoms with Crippen LogP contribution in [0, 0.1) is 0 Å². The van der Waals surface area contributed by atoms with Gasteiger partial charge in [0.1, 0.15) is 5.75 Å². The Morgan fingerprint density at radius 3 is 2.57 bits per heavy atom. The van der Waals surface area contributed by atoms with Crippen molar-refractivity contribution in [3.05, 3.63) is 29.8 Å². The van der Waals surface area contributed by atoms with Crippen LogP contribution in [0.15, 0.2) is 24.3 Å². The Hall–Kier alpha value is -1.89. The van der Waals surface area contributed by atoms with Crippen molar-refractivity contribution in [1.29, 1.82) is 0 Å². The Labute approximate surface area is 135 Å². The van der Waals surface area contributed by atoms with E-state index in [2.05, 4.69) is 5.32 Å². The van der Waals surface area contributed by atoms with Crippen LogP contribution in [0.25, 0.3) is 0 Å². The van der Waals surface area contributed by atoms with Gasteiger partial charge in [0.2, 0.25) is 5.91 Å². The zero-order valence-electron chi connectivity index (χ0n) is 13.0.